The van der Waals surface area contributed by atoms with Crippen molar-refractivity contribution < 1.29 is 18.9 Å². The second-order valence-electron chi connectivity index (χ2n) is 9.91. The van der Waals surface area contributed by atoms with Gasteiger partial charge in [0.05, 0.1) is 74.9 Å². The van der Waals surface area contributed by atoms with Crippen LogP contribution in [0.15, 0.2) is 70.3 Å². The van der Waals surface area contributed by atoms with Crippen molar-refractivity contribution in [1.82, 2.24) is 9.13 Å². The number of pyridine rings is 2. The van der Waals surface area contributed by atoms with Crippen molar-refractivity contribution in [2.45, 2.75) is 13.1 Å². The van der Waals surface area contributed by atoms with Crippen molar-refractivity contribution in [2.75, 3.05) is 65.9 Å². The Balaban J connectivity index is 1.57. The molecule has 10 nitrogen and oxygen atoms in total. The van der Waals surface area contributed by atoms with E-state index in [9.17, 15) is 9.59 Å². The van der Waals surface area contributed by atoms with Gasteiger partial charge in [-0.1, -0.05) is 24.3 Å². The van der Waals surface area contributed by atoms with E-state index in [1.54, 1.807) is 0 Å². The highest BCUT2D eigenvalue weighted by Crippen LogP contribution is 2.26. The lowest BCUT2D eigenvalue weighted by atomic mass is 10.0. The summed E-state index contributed by atoms with van der Waals surface area (Å²) in [4.78, 5) is 27.6. The molecule has 0 aliphatic carbocycles. The molecule has 0 fully saturated rings. The number of nitrogens with two attached hydrogens (primary N) is 2. The van der Waals surface area contributed by atoms with Crippen LogP contribution >= 0.6 is 0 Å². The first kappa shape index (κ1) is 29.8. The van der Waals surface area contributed by atoms with Gasteiger partial charge >= 0.3 is 0 Å². The number of benzene rings is 3. The predicted octanol–water partition coefficient (Wildman–Crippen LogP) is 2.61. The van der Waals surface area contributed by atoms with Gasteiger partial charge in [0.25, 0.3) is 0 Å². The van der Waals surface area contributed by atoms with E-state index in [0.29, 0.717) is 112 Å². The number of rotatable bonds is 16. The highest BCUT2D eigenvalue weighted by atomic mass is 16.5. The molecule has 10 heteroatoms. The zero-order valence-electron chi connectivity index (χ0n) is 23.8. The molecule has 0 atom stereocenters. The zero-order valence-corrected chi connectivity index (χ0v) is 23.8. The Kier molecular flexibility index (Phi) is 10.3. The van der Waals surface area contributed by atoms with E-state index in [2.05, 4.69) is 9.13 Å². The summed E-state index contributed by atoms with van der Waals surface area (Å²) in [7, 11) is 0. The number of aromatic nitrogens is 2. The highest BCUT2D eigenvalue weighted by Gasteiger charge is 2.17. The lowest BCUT2D eigenvalue weighted by Crippen LogP contribution is -2.18. The van der Waals surface area contributed by atoms with E-state index in [1.807, 2.05) is 60.7 Å². The van der Waals surface area contributed by atoms with Gasteiger partial charge in [-0.3, -0.25) is 9.59 Å². The molecule has 0 saturated heterocycles. The molecule has 0 aliphatic heterocycles. The molecule has 5 rings (SSSR count). The van der Waals surface area contributed by atoms with Crippen molar-refractivity contribution in [1.29, 1.82) is 0 Å². The van der Waals surface area contributed by atoms with Crippen LogP contribution in [0.4, 0.5) is 0 Å². The Morgan fingerprint density at radius 3 is 1.26 bits per heavy atom. The monoisotopic (exact) mass is 574 g/mol. The fraction of sp³-hybridized carbons (Fsp3) is 0.375. The summed E-state index contributed by atoms with van der Waals surface area (Å²) in [6.45, 7) is 5.57. The molecular formula is C32H38N4O6. The quantitative estimate of drug-likeness (QED) is 0.136. The highest BCUT2D eigenvalue weighted by molar-refractivity contribution is 6.03. The molecule has 222 valence electrons. The van der Waals surface area contributed by atoms with E-state index in [4.69, 9.17) is 30.4 Å². The minimum absolute atomic E-state index is 0.0738. The van der Waals surface area contributed by atoms with Gasteiger partial charge in [-0.15, -0.1) is 0 Å². The molecule has 4 N–H and O–H groups in total. The van der Waals surface area contributed by atoms with E-state index >= 15 is 0 Å². The first-order valence-electron chi connectivity index (χ1n) is 14.4. The first-order chi connectivity index (χ1) is 20.7. The van der Waals surface area contributed by atoms with Gasteiger partial charge in [-0.2, -0.15) is 0 Å². The fourth-order valence-electron chi connectivity index (χ4n) is 5.34. The summed E-state index contributed by atoms with van der Waals surface area (Å²) in [5.74, 6) is 0. The van der Waals surface area contributed by atoms with Crippen LogP contribution < -0.4 is 22.3 Å². The topological polar surface area (TPSA) is 133 Å². The Bertz CT molecular complexity index is 1650. The second kappa shape index (κ2) is 14.5. The van der Waals surface area contributed by atoms with Crippen molar-refractivity contribution >= 4 is 43.6 Å². The second-order valence-corrected chi connectivity index (χ2v) is 9.91. The number of para-hydroxylation sites is 2. The largest absolute Gasteiger partial charge is 0.378 e. The molecule has 0 bridgehead atoms. The summed E-state index contributed by atoms with van der Waals surface area (Å²) in [5.41, 5.74) is 13.8. The third kappa shape index (κ3) is 6.39. The third-order valence-electron chi connectivity index (χ3n) is 7.25. The van der Waals surface area contributed by atoms with Crippen molar-refractivity contribution in [2.24, 2.45) is 11.5 Å². The number of hydrogen-bond donors (Lipinski definition) is 2. The Hall–Kier alpha value is -3.64. The van der Waals surface area contributed by atoms with Crippen LogP contribution in [0.2, 0.25) is 0 Å². The normalized spacial score (nSPS) is 11.9. The van der Waals surface area contributed by atoms with E-state index < -0.39 is 0 Å². The van der Waals surface area contributed by atoms with Gasteiger partial charge in [0.15, 0.2) is 10.9 Å². The summed E-state index contributed by atoms with van der Waals surface area (Å²) in [5, 5.41) is 2.33. The van der Waals surface area contributed by atoms with Gasteiger partial charge in [0, 0.05) is 47.7 Å². The average molecular weight is 575 g/mol. The smallest absolute Gasteiger partial charge is 0.197 e. The van der Waals surface area contributed by atoms with Gasteiger partial charge in [-0.25, -0.2) is 0 Å². The van der Waals surface area contributed by atoms with E-state index in [-0.39, 0.29) is 10.9 Å². The maximum Gasteiger partial charge on any atom is 0.197 e. The van der Waals surface area contributed by atoms with Crippen molar-refractivity contribution in [3.63, 3.8) is 0 Å². The number of nitrogens with zero attached hydrogens (tertiary/aromatic N) is 2. The molecule has 42 heavy (non-hydrogen) atoms. The molecule has 5 aromatic rings. The van der Waals surface area contributed by atoms with Gasteiger partial charge in [-0.05, 0) is 36.4 Å². The lowest BCUT2D eigenvalue weighted by molar-refractivity contribution is 0.0482. The molecule has 0 amide bonds. The minimum Gasteiger partial charge on any atom is -0.378 e. The molecule has 0 unspecified atom stereocenters. The van der Waals surface area contributed by atoms with Crippen LogP contribution in [0, 0.1) is 0 Å². The lowest BCUT2D eigenvalue weighted by Gasteiger charge is -2.19. The summed E-state index contributed by atoms with van der Waals surface area (Å²) >= 11 is 0. The Labute approximate surface area is 243 Å². The van der Waals surface area contributed by atoms with Crippen LogP contribution in [0.1, 0.15) is 0 Å². The van der Waals surface area contributed by atoms with E-state index in [1.165, 1.54) is 0 Å². The molecule has 3 aromatic carbocycles. The summed E-state index contributed by atoms with van der Waals surface area (Å²) in [6, 6.07) is 18.8. The zero-order chi connectivity index (χ0) is 29.3. The summed E-state index contributed by atoms with van der Waals surface area (Å²) in [6.07, 6.45) is 0. The Morgan fingerprint density at radius 1 is 0.476 bits per heavy atom. The maximum absolute atomic E-state index is 13.8. The fourth-order valence-corrected chi connectivity index (χ4v) is 5.34. The Morgan fingerprint density at radius 2 is 0.857 bits per heavy atom. The number of hydrogen-bond acceptors (Lipinski definition) is 8. The summed E-state index contributed by atoms with van der Waals surface area (Å²) < 4.78 is 26.6. The molecule has 2 heterocycles. The maximum atomic E-state index is 13.8. The van der Waals surface area contributed by atoms with Crippen molar-refractivity contribution in [3.05, 3.63) is 81.1 Å². The average Bonchev–Trinajstić information content (AvgIpc) is 3.02. The number of ether oxygens (including phenoxy) is 4. The number of fused-ring (bicyclic) bond motifs is 4. The van der Waals surface area contributed by atoms with Crippen LogP contribution in [0.25, 0.3) is 43.6 Å². The first-order valence-corrected chi connectivity index (χ1v) is 14.4. The molecule has 2 aromatic heterocycles. The molecular weight excluding hydrogens is 536 g/mol. The van der Waals surface area contributed by atoms with Gasteiger partial charge in [0.1, 0.15) is 0 Å². The third-order valence-corrected chi connectivity index (χ3v) is 7.25. The predicted molar refractivity (Wildman–Crippen MR) is 166 cm³/mol. The van der Waals surface area contributed by atoms with Crippen LogP contribution in [-0.2, 0) is 32.0 Å². The minimum atomic E-state index is -0.0738. The van der Waals surface area contributed by atoms with Gasteiger partial charge < -0.3 is 39.5 Å². The standard InChI is InChI=1S/C32H38N4O6/c33-9-13-39-17-19-41-15-11-35-27-7-3-1-5-23(27)31(37)25-21-30-26(22-29(25)35)32(38)24-6-2-4-8-28(24)36(30)12-16-42-20-18-40-14-10-34/h1-8,21-22H,9-20,33-34H2. The van der Waals surface area contributed by atoms with Crippen molar-refractivity contribution in [3.8, 4) is 0 Å². The molecule has 0 aliphatic rings. The van der Waals surface area contributed by atoms with Crippen LogP contribution in [0.5, 0.6) is 0 Å². The molecule has 0 saturated carbocycles. The molecule has 0 radical (unpaired) electrons. The van der Waals surface area contributed by atoms with Crippen LogP contribution in [0.3, 0.4) is 0 Å². The SMILES string of the molecule is NCCOCCOCCn1c2ccccc2c(=O)c2cc3c(cc21)c(=O)c1ccccc1n3CCOCCOCCN. The molecule has 0 spiro atoms. The van der Waals surface area contributed by atoms with Crippen LogP contribution in [-0.4, -0.2) is 75.1 Å². The van der Waals surface area contributed by atoms with Gasteiger partial charge in [0.2, 0.25) is 0 Å². The van der Waals surface area contributed by atoms with E-state index in [0.717, 1.165) is 11.0 Å².